The summed E-state index contributed by atoms with van der Waals surface area (Å²) in [4.78, 5) is 0. The van der Waals surface area contributed by atoms with Gasteiger partial charge in [0.2, 0.25) is 0 Å². The minimum Gasteiger partial charge on any atom is -0.457 e. The highest BCUT2D eigenvalue weighted by Crippen LogP contribution is 2.38. The van der Waals surface area contributed by atoms with Gasteiger partial charge in [-0.05, 0) is 74.1 Å². The zero-order chi connectivity index (χ0) is 18.3. The molecule has 3 heteroatoms. The van der Waals surface area contributed by atoms with Crippen molar-refractivity contribution in [3.8, 4) is 11.5 Å². The molecule has 0 heterocycles. The predicted octanol–water partition coefficient (Wildman–Crippen LogP) is 5.76. The second-order valence-electron chi connectivity index (χ2n) is 7.99. The summed E-state index contributed by atoms with van der Waals surface area (Å²) in [5.74, 6) is 1.15. The third-order valence-electron chi connectivity index (χ3n) is 4.13. The second-order valence-corrected chi connectivity index (χ2v) is 7.99. The molecular weight excluding hydrogens is 303 g/mol. The van der Waals surface area contributed by atoms with Crippen LogP contribution in [0.15, 0.2) is 30.3 Å². The highest BCUT2D eigenvalue weighted by Gasteiger charge is 2.24. The molecule has 0 radical (unpaired) electrons. The average Bonchev–Trinajstić information content (AvgIpc) is 2.40. The fourth-order valence-electron chi connectivity index (χ4n) is 2.75. The van der Waals surface area contributed by atoms with E-state index in [1.807, 2.05) is 32.0 Å². The van der Waals surface area contributed by atoms with Gasteiger partial charge in [-0.1, -0.05) is 26.8 Å². The first-order chi connectivity index (χ1) is 10.9. The molecular formula is C21H27FO2. The van der Waals surface area contributed by atoms with Crippen molar-refractivity contribution in [1.82, 2.24) is 0 Å². The van der Waals surface area contributed by atoms with Gasteiger partial charge in [0.1, 0.15) is 17.3 Å². The van der Waals surface area contributed by atoms with E-state index >= 15 is 0 Å². The Morgan fingerprint density at radius 2 is 1.46 bits per heavy atom. The molecule has 2 aromatic carbocycles. The topological polar surface area (TPSA) is 29.5 Å². The molecule has 0 bridgehead atoms. The molecule has 0 aliphatic heterocycles. The molecule has 130 valence electrons. The van der Waals surface area contributed by atoms with E-state index in [1.54, 1.807) is 13.8 Å². The first kappa shape index (κ1) is 18.5. The molecule has 2 rings (SSSR count). The van der Waals surface area contributed by atoms with Crippen molar-refractivity contribution >= 4 is 0 Å². The minimum absolute atomic E-state index is 0.154. The molecule has 0 amide bonds. The van der Waals surface area contributed by atoms with Crippen LogP contribution in [-0.2, 0) is 11.0 Å². The van der Waals surface area contributed by atoms with Crippen LogP contribution in [0, 0.1) is 19.7 Å². The molecule has 0 spiro atoms. The summed E-state index contributed by atoms with van der Waals surface area (Å²) in [6.07, 6.45) is 0. The third-order valence-corrected chi connectivity index (χ3v) is 4.13. The molecule has 0 aliphatic rings. The number of aryl methyl sites for hydroxylation is 2. The maximum Gasteiger partial charge on any atom is 0.133 e. The van der Waals surface area contributed by atoms with Gasteiger partial charge in [0.05, 0.1) is 5.60 Å². The lowest BCUT2D eigenvalue weighted by molar-refractivity contribution is 0.0784. The maximum absolute atomic E-state index is 13.5. The Morgan fingerprint density at radius 3 is 1.92 bits per heavy atom. The van der Waals surface area contributed by atoms with E-state index < -0.39 is 5.60 Å². The van der Waals surface area contributed by atoms with Crippen LogP contribution < -0.4 is 4.74 Å². The van der Waals surface area contributed by atoms with Crippen molar-refractivity contribution in [2.24, 2.45) is 0 Å². The van der Waals surface area contributed by atoms with Crippen molar-refractivity contribution in [3.63, 3.8) is 0 Å². The standard InChI is InChI=1S/C21H27FO2/c1-13-10-16(22)11-14(2)19(13)24-18-9-8-15(21(6,7)23)12-17(18)20(3,4)5/h8-12,23H,1-7H3. The molecule has 0 aromatic heterocycles. The zero-order valence-corrected chi connectivity index (χ0v) is 15.6. The van der Waals surface area contributed by atoms with Gasteiger partial charge in [-0.15, -0.1) is 0 Å². The molecule has 2 aromatic rings. The first-order valence-corrected chi connectivity index (χ1v) is 8.21. The Bertz CT molecular complexity index is 726. The largest absolute Gasteiger partial charge is 0.457 e. The van der Waals surface area contributed by atoms with Crippen LogP contribution in [0.25, 0.3) is 0 Å². The number of rotatable bonds is 3. The smallest absolute Gasteiger partial charge is 0.133 e. The molecule has 24 heavy (non-hydrogen) atoms. The molecule has 0 atom stereocenters. The molecule has 0 saturated heterocycles. The number of ether oxygens (including phenoxy) is 1. The number of hydrogen-bond acceptors (Lipinski definition) is 2. The lowest BCUT2D eigenvalue weighted by Gasteiger charge is -2.27. The van der Waals surface area contributed by atoms with Crippen molar-refractivity contribution in [2.75, 3.05) is 0 Å². The highest BCUT2D eigenvalue weighted by atomic mass is 19.1. The van der Waals surface area contributed by atoms with Crippen molar-refractivity contribution < 1.29 is 14.2 Å². The summed E-state index contributed by atoms with van der Waals surface area (Å²) < 4.78 is 19.7. The van der Waals surface area contributed by atoms with Gasteiger partial charge >= 0.3 is 0 Å². The van der Waals surface area contributed by atoms with Crippen LogP contribution in [0.5, 0.6) is 11.5 Å². The summed E-state index contributed by atoms with van der Waals surface area (Å²) in [7, 11) is 0. The summed E-state index contributed by atoms with van der Waals surface area (Å²) >= 11 is 0. The molecule has 1 N–H and O–H groups in total. The quantitative estimate of drug-likeness (QED) is 0.775. The van der Waals surface area contributed by atoms with E-state index in [1.165, 1.54) is 12.1 Å². The number of aliphatic hydroxyl groups is 1. The Kier molecular flexibility index (Phi) is 4.78. The zero-order valence-electron chi connectivity index (χ0n) is 15.6. The van der Waals surface area contributed by atoms with Crippen LogP contribution >= 0.6 is 0 Å². The van der Waals surface area contributed by atoms with E-state index in [-0.39, 0.29) is 11.2 Å². The highest BCUT2D eigenvalue weighted by molar-refractivity contribution is 5.48. The normalized spacial score (nSPS) is 12.4. The maximum atomic E-state index is 13.5. The average molecular weight is 330 g/mol. The van der Waals surface area contributed by atoms with Crippen molar-refractivity contribution in [1.29, 1.82) is 0 Å². The Labute approximate surface area is 144 Å². The van der Waals surface area contributed by atoms with E-state index in [2.05, 4.69) is 20.8 Å². The number of hydrogen-bond donors (Lipinski definition) is 1. The van der Waals surface area contributed by atoms with Gasteiger partial charge in [-0.2, -0.15) is 0 Å². The second kappa shape index (κ2) is 6.21. The van der Waals surface area contributed by atoms with Crippen LogP contribution in [-0.4, -0.2) is 5.11 Å². The van der Waals surface area contributed by atoms with Gasteiger partial charge in [0.25, 0.3) is 0 Å². The Balaban J connectivity index is 2.55. The van der Waals surface area contributed by atoms with Crippen molar-refractivity contribution in [3.05, 3.63) is 58.4 Å². The fraction of sp³-hybridized carbons (Fsp3) is 0.429. The predicted molar refractivity (Wildman–Crippen MR) is 96.3 cm³/mol. The van der Waals surface area contributed by atoms with Gasteiger partial charge in [0, 0.05) is 5.56 Å². The monoisotopic (exact) mass is 330 g/mol. The van der Waals surface area contributed by atoms with Gasteiger partial charge in [-0.3, -0.25) is 0 Å². The first-order valence-electron chi connectivity index (χ1n) is 8.21. The lowest BCUT2D eigenvalue weighted by Crippen LogP contribution is -2.19. The van der Waals surface area contributed by atoms with E-state index in [0.29, 0.717) is 5.75 Å². The molecule has 0 aliphatic carbocycles. The van der Waals surface area contributed by atoms with Crippen LogP contribution in [0.3, 0.4) is 0 Å². The van der Waals surface area contributed by atoms with Crippen LogP contribution in [0.1, 0.15) is 56.9 Å². The Morgan fingerprint density at radius 1 is 0.917 bits per heavy atom. The minimum atomic E-state index is -0.916. The molecule has 0 unspecified atom stereocenters. The summed E-state index contributed by atoms with van der Waals surface area (Å²) in [6, 6.07) is 8.70. The van der Waals surface area contributed by atoms with E-state index in [0.717, 1.165) is 28.0 Å². The molecule has 0 saturated carbocycles. The Hall–Kier alpha value is -1.87. The van der Waals surface area contributed by atoms with E-state index in [4.69, 9.17) is 4.74 Å². The van der Waals surface area contributed by atoms with Gasteiger partial charge in [0.15, 0.2) is 0 Å². The van der Waals surface area contributed by atoms with Crippen molar-refractivity contribution in [2.45, 2.75) is 59.5 Å². The molecule has 2 nitrogen and oxygen atoms in total. The summed E-state index contributed by atoms with van der Waals surface area (Å²) in [5, 5.41) is 10.3. The number of halogens is 1. The van der Waals surface area contributed by atoms with Gasteiger partial charge < -0.3 is 9.84 Å². The lowest BCUT2D eigenvalue weighted by atomic mass is 9.83. The SMILES string of the molecule is Cc1cc(F)cc(C)c1Oc1ccc(C(C)(C)O)cc1C(C)(C)C. The van der Waals surface area contributed by atoms with E-state index in [9.17, 15) is 9.50 Å². The molecule has 0 fully saturated rings. The van der Waals surface area contributed by atoms with Crippen LogP contribution in [0.4, 0.5) is 4.39 Å². The summed E-state index contributed by atoms with van der Waals surface area (Å²) in [6.45, 7) is 13.5. The fourth-order valence-corrected chi connectivity index (χ4v) is 2.75. The van der Waals surface area contributed by atoms with Gasteiger partial charge in [-0.25, -0.2) is 4.39 Å². The third kappa shape index (κ3) is 3.96. The summed E-state index contributed by atoms with van der Waals surface area (Å²) in [5.41, 5.74) is 2.30. The number of benzene rings is 2. The van der Waals surface area contributed by atoms with Crippen LogP contribution in [0.2, 0.25) is 0 Å².